The van der Waals surface area contributed by atoms with E-state index in [9.17, 15) is 0 Å². The van der Waals surface area contributed by atoms with Crippen LogP contribution < -0.4 is 0 Å². The van der Waals surface area contributed by atoms with Crippen LogP contribution in [0.2, 0.25) is 0 Å². The van der Waals surface area contributed by atoms with Crippen LogP contribution >= 0.6 is 0 Å². The fourth-order valence-corrected chi connectivity index (χ4v) is 0.626. The Morgan fingerprint density at radius 2 is 2.00 bits per heavy atom. The highest BCUT2D eigenvalue weighted by molar-refractivity contribution is 5.65. The van der Waals surface area contributed by atoms with Gasteiger partial charge >= 0.3 is 0 Å². The molecule has 0 radical (unpaired) electrons. The first-order valence-electron chi connectivity index (χ1n) is 3.86. The largest absolute Gasteiger partial charge is 0.243 e. The number of rotatable bonds is 2. The summed E-state index contributed by atoms with van der Waals surface area (Å²) in [6, 6.07) is 0. The van der Waals surface area contributed by atoms with Crippen LogP contribution in [0.3, 0.4) is 0 Å². The smallest absolute Gasteiger partial charge is 0.137 e. The lowest BCUT2D eigenvalue weighted by Gasteiger charge is -1.87. The average Bonchev–Trinajstić information content (AvgIpc) is 2.55. The van der Waals surface area contributed by atoms with Crippen molar-refractivity contribution in [3.63, 3.8) is 0 Å². The third-order valence-corrected chi connectivity index (χ3v) is 1.11. The molecule has 0 atom stereocenters. The fraction of sp³-hybridized carbons (Fsp3) is 0.333. The van der Waals surface area contributed by atoms with E-state index in [0.717, 1.165) is 5.57 Å². The van der Waals surface area contributed by atoms with Gasteiger partial charge in [-0.25, -0.2) is 4.63 Å². The molecule has 0 saturated heterocycles. The van der Waals surface area contributed by atoms with E-state index in [-0.39, 0.29) is 0 Å². The van der Waals surface area contributed by atoms with E-state index < -0.39 is 0 Å². The van der Waals surface area contributed by atoms with Gasteiger partial charge in [0.05, 0.1) is 0 Å². The summed E-state index contributed by atoms with van der Waals surface area (Å²) in [7, 11) is 0. The van der Waals surface area contributed by atoms with E-state index in [1.54, 1.807) is 6.08 Å². The molecular formula is C9H14N2O. The van der Waals surface area contributed by atoms with Gasteiger partial charge in [0.1, 0.15) is 11.4 Å². The van der Waals surface area contributed by atoms with Crippen LogP contribution in [0.15, 0.2) is 17.8 Å². The van der Waals surface area contributed by atoms with Crippen molar-refractivity contribution in [3.05, 3.63) is 24.5 Å². The van der Waals surface area contributed by atoms with E-state index in [1.165, 1.54) is 0 Å². The van der Waals surface area contributed by atoms with E-state index in [2.05, 4.69) is 28.1 Å². The Kier molecular flexibility index (Phi) is 4.69. The fourth-order valence-electron chi connectivity index (χ4n) is 0.626. The van der Waals surface area contributed by atoms with Crippen molar-refractivity contribution in [2.45, 2.75) is 20.8 Å². The molecule has 0 aliphatic carbocycles. The Morgan fingerprint density at radius 1 is 1.42 bits per heavy atom. The maximum atomic E-state index is 4.47. The molecule has 0 unspecified atom stereocenters. The molecule has 66 valence electrons. The first kappa shape index (κ1) is 10.6. The molecule has 0 amide bonds. The molecule has 0 N–H and O–H groups in total. The standard InChI is InChI=1S/C7H8N2O.C2H6/c1-4-6-7(5(2)3)9-10-8-6;1-2/h4H,1-2H2,3H3;1-2H3. The van der Waals surface area contributed by atoms with Crippen molar-refractivity contribution in [2.24, 2.45) is 0 Å². The molecule has 0 spiro atoms. The van der Waals surface area contributed by atoms with Gasteiger partial charge in [-0.2, -0.15) is 0 Å². The van der Waals surface area contributed by atoms with Crippen molar-refractivity contribution in [1.29, 1.82) is 0 Å². The maximum absolute atomic E-state index is 4.47. The van der Waals surface area contributed by atoms with Gasteiger partial charge in [0.25, 0.3) is 0 Å². The van der Waals surface area contributed by atoms with Crippen LogP contribution in [0.25, 0.3) is 11.6 Å². The highest BCUT2D eigenvalue weighted by atomic mass is 16.6. The summed E-state index contributed by atoms with van der Waals surface area (Å²) < 4.78 is 4.47. The monoisotopic (exact) mass is 166 g/mol. The number of hydrogen-bond donors (Lipinski definition) is 0. The van der Waals surface area contributed by atoms with E-state index in [1.807, 2.05) is 20.8 Å². The Labute approximate surface area is 72.7 Å². The summed E-state index contributed by atoms with van der Waals surface area (Å²) in [4.78, 5) is 0. The zero-order chi connectivity index (χ0) is 9.56. The van der Waals surface area contributed by atoms with Crippen molar-refractivity contribution in [2.75, 3.05) is 0 Å². The van der Waals surface area contributed by atoms with Crippen molar-refractivity contribution >= 4 is 11.6 Å². The van der Waals surface area contributed by atoms with Crippen molar-refractivity contribution in [1.82, 2.24) is 10.3 Å². The summed E-state index contributed by atoms with van der Waals surface area (Å²) in [5, 5.41) is 7.22. The molecule has 3 nitrogen and oxygen atoms in total. The Bertz CT molecular complexity index is 263. The van der Waals surface area contributed by atoms with Gasteiger partial charge in [-0.15, -0.1) is 0 Å². The number of hydrogen-bond acceptors (Lipinski definition) is 3. The van der Waals surface area contributed by atoms with Crippen LogP contribution in [-0.4, -0.2) is 10.3 Å². The van der Waals surface area contributed by atoms with Crippen molar-refractivity contribution < 1.29 is 4.63 Å². The summed E-state index contributed by atoms with van der Waals surface area (Å²) in [6.07, 6.45) is 1.58. The quantitative estimate of drug-likeness (QED) is 0.678. The molecule has 1 aromatic rings. The molecule has 0 fully saturated rings. The Hall–Kier alpha value is -1.38. The minimum atomic E-state index is 0.646. The first-order chi connectivity index (χ1) is 5.75. The van der Waals surface area contributed by atoms with Gasteiger partial charge in [0, 0.05) is 0 Å². The van der Waals surface area contributed by atoms with Crippen LogP contribution in [0.1, 0.15) is 32.2 Å². The predicted octanol–water partition coefficient (Wildman–Crippen LogP) is 2.77. The molecule has 3 heteroatoms. The second-order valence-corrected chi connectivity index (χ2v) is 1.98. The molecule has 0 saturated carbocycles. The third-order valence-electron chi connectivity index (χ3n) is 1.11. The summed E-state index contributed by atoms with van der Waals surface area (Å²) in [5.74, 6) is 0. The topological polar surface area (TPSA) is 38.9 Å². The molecule has 0 aliphatic heterocycles. The second-order valence-electron chi connectivity index (χ2n) is 1.98. The van der Waals surface area contributed by atoms with Gasteiger partial charge in [-0.05, 0) is 28.9 Å². The second kappa shape index (κ2) is 5.29. The molecule has 0 bridgehead atoms. The minimum absolute atomic E-state index is 0.646. The predicted molar refractivity (Wildman–Crippen MR) is 50.4 cm³/mol. The number of nitrogens with zero attached hydrogens (tertiary/aromatic N) is 2. The van der Waals surface area contributed by atoms with E-state index >= 15 is 0 Å². The zero-order valence-corrected chi connectivity index (χ0v) is 7.79. The highest BCUT2D eigenvalue weighted by Crippen LogP contribution is 2.12. The lowest BCUT2D eigenvalue weighted by molar-refractivity contribution is 0.305. The maximum Gasteiger partial charge on any atom is 0.137 e. The average molecular weight is 166 g/mol. The van der Waals surface area contributed by atoms with Crippen LogP contribution in [0.4, 0.5) is 0 Å². The SMILES string of the molecule is C=Cc1nonc1C(=C)C.CC. The zero-order valence-electron chi connectivity index (χ0n) is 7.79. The lowest BCUT2D eigenvalue weighted by atomic mass is 10.2. The van der Waals surface area contributed by atoms with Gasteiger partial charge in [-0.1, -0.05) is 27.0 Å². The van der Waals surface area contributed by atoms with Crippen LogP contribution in [0, 0.1) is 0 Å². The normalized spacial score (nSPS) is 8.25. The van der Waals surface area contributed by atoms with Gasteiger partial charge in [0.2, 0.25) is 0 Å². The van der Waals surface area contributed by atoms with Crippen molar-refractivity contribution in [3.8, 4) is 0 Å². The molecule has 1 aromatic heterocycles. The number of aromatic nitrogens is 2. The van der Waals surface area contributed by atoms with Crippen LogP contribution in [0.5, 0.6) is 0 Å². The van der Waals surface area contributed by atoms with Gasteiger partial charge < -0.3 is 0 Å². The summed E-state index contributed by atoms with van der Waals surface area (Å²) >= 11 is 0. The first-order valence-corrected chi connectivity index (χ1v) is 3.86. The summed E-state index contributed by atoms with van der Waals surface area (Å²) in [6.45, 7) is 13.1. The molecule has 1 rings (SSSR count). The minimum Gasteiger partial charge on any atom is -0.243 e. The Morgan fingerprint density at radius 3 is 2.33 bits per heavy atom. The van der Waals surface area contributed by atoms with Gasteiger partial charge in [-0.3, -0.25) is 0 Å². The van der Waals surface area contributed by atoms with E-state index in [4.69, 9.17) is 0 Å². The molecule has 12 heavy (non-hydrogen) atoms. The van der Waals surface area contributed by atoms with Crippen LogP contribution in [-0.2, 0) is 0 Å². The number of allylic oxidation sites excluding steroid dienone is 1. The third kappa shape index (κ3) is 2.34. The molecule has 0 aliphatic rings. The molecule has 1 heterocycles. The summed E-state index contributed by atoms with van der Waals surface area (Å²) in [5.41, 5.74) is 2.15. The lowest BCUT2D eigenvalue weighted by Crippen LogP contribution is -1.80. The molecule has 0 aromatic carbocycles. The van der Waals surface area contributed by atoms with Gasteiger partial charge in [0.15, 0.2) is 0 Å². The molecular weight excluding hydrogens is 152 g/mol. The Balaban J connectivity index is 0.000000561. The van der Waals surface area contributed by atoms with E-state index in [0.29, 0.717) is 11.4 Å². The highest BCUT2D eigenvalue weighted by Gasteiger charge is 2.05.